The number of aryl methyl sites for hydroxylation is 2. The Labute approximate surface area is 114 Å². The fourth-order valence-corrected chi connectivity index (χ4v) is 1.61. The van der Waals surface area contributed by atoms with Crippen molar-refractivity contribution in [1.82, 2.24) is 9.97 Å². The third kappa shape index (κ3) is 7.09. The van der Waals surface area contributed by atoms with Crippen molar-refractivity contribution in [2.75, 3.05) is 0 Å². The molecule has 2 aromatic rings. The average Bonchev–Trinajstić information content (AvgIpc) is 2.48. The topological polar surface area (TPSA) is 42.9 Å². The molecule has 0 aliphatic heterocycles. The van der Waals surface area contributed by atoms with E-state index in [0.29, 0.717) is 6.42 Å². The van der Waals surface area contributed by atoms with E-state index in [-0.39, 0.29) is 0 Å². The summed E-state index contributed by atoms with van der Waals surface area (Å²) >= 11 is 0. The maximum absolute atomic E-state index is 9.96. The molecule has 0 N–H and O–H groups in total. The van der Waals surface area contributed by atoms with E-state index < -0.39 is 0 Å². The van der Waals surface area contributed by atoms with E-state index in [4.69, 9.17) is 0 Å². The van der Waals surface area contributed by atoms with Gasteiger partial charge < -0.3 is 4.79 Å². The third-order valence-corrected chi connectivity index (χ3v) is 2.54. The largest absolute Gasteiger partial charge is 0.303 e. The fourth-order valence-electron chi connectivity index (χ4n) is 1.61. The van der Waals surface area contributed by atoms with E-state index >= 15 is 0 Å². The summed E-state index contributed by atoms with van der Waals surface area (Å²) in [6.07, 6.45) is 11.9. The second kappa shape index (κ2) is 9.95. The molecule has 0 unspecified atom stereocenters. The van der Waals surface area contributed by atoms with Gasteiger partial charge in [0.2, 0.25) is 0 Å². The molecule has 0 spiro atoms. The van der Waals surface area contributed by atoms with Crippen molar-refractivity contribution in [2.45, 2.75) is 32.6 Å². The number of aldehydes is 1. The summed E-state index contributed by atoms with van der Waals surface area (Å²) < 4.78 is 0. The Bertz CT molecular complexity index is 443. The Morgan fingerprint density at radius 1 is 1.00 bits per heavy atom. The number of nitrogens with zero attached hydrogens (tertiary/aromatic N) is 2. The number of rotatable bonds is 5. The van der Waals surface area contributed by atoms with Gasteiger partial charge in [-0.3, -0.25) is 9.97 Å². The lowest BCUT2D eigenvalue weighted by Crippen LogP contribution is -1.85. The van der Waals surface area contributed by atoms with Gasteiger partial charge in [-0.25, -0.2) is 0 Å². The van der Waals surface area contributed by atoms with Crippen LogP contribution in [0.4, 0.5) is 0 Å². The Morgan fingerprint density at radius 2 is 1.58 bits per heavy atom. The van der Waals surface area contributed by atoms with Crippen LogP contribution in [0.25, 0.3) is 0 Å². The minimum absolute atomic E-state index is 0.589. The second-order valence-electron chi connectivity index (χ2n) is 4.18. The molecule has 0 fully saturated rings. The predicted molar refractivity (Wildman–Crippen MR) is 76.9 cm³/mol. The zero-order valence-electron chi connectivity index (χ0n) is 11.3. The number of hydrogen-bond donors (Lipinski definition) is 0. The Morgan fingerprint density at radius 3 is 2.00 bits per heavy atom. The monoisotopic (exact) mass is 256 g/mol. The van der Waals surface area contributed by atoms with E-state index in [2.05, 4.69) is 23.0 Å². The van der Waals surface area contributed by atoms with Gasteiger partial charge in [0.05, 0.1) is 0 Å². The molecule has 0 aliphatic rings. The van der Waals surface area contributed by atoms with Gasteiger partial charge in [0.25, 0.3) is 0 Å². The number of carbonyl (C=O) groups excluding carboxylic acids is 1. The molecule has 0 bridgehead atoms. The van der Waals surface area contributed by atoms with Crippen LogP contribution in [0, 0.1) is 0 Å². The Hall–Kier alpha value is -2.03. The zero-order valence-corrected chi connectivity index (χ0v) is 11.3. The van der Waals surface area contributed by atoms with Crippen LogP contribution in [0.5, 0.6) is 0 Å². The molecule has 3 heteroatoms. The van der Waals surface area contributed by atoms with E-state index in [1.54, 1.807) is 18.6 Å². The average molecular weight is 256 g/mol. The van der Waals surface area contributed by atoms with Gasteiger partial charge in [0.15, 0.2) is 0 Å². The molecule has 2 rings (SSSR count). The summed E-state index contributed by atoms with van der Waals surface area (Å²) in [4.78, 5) is 17.9. The van der Waals surface area contributed by atoms with Crippen molar-refractivity contribution in [3.63, 3.8) is 0 Å². The number of aromatic nitrogens is 2. The lowest BCUT2D eigenvalue weighted by molar-refractivity contribution is -0.107. The standard InChI is InChI=1S/C8H9NO.C8H11N/c10-6-2-4-8-3-1-5-9-7-8;1-2-4-8-5-3-6-9-7-8/h1,3,5-7H,2,4H2;3,5-7H,2,4H2,1H3. The quantitative estimate of drug-likeness (QED) is 0.771. The second-order valence-corrected chi connectivity index (χ2v) is 4.18. The molecular formula is C16H20N2O. The van der Waals surface area contributed by atoms with Crippen molar-refractivity contribution < 1.29 is 4.79 Å². The molecule has 0 aliphatic carbocycles. The first-order chi connectivity index (χ1) is 9.36. The first kappa shape index (κ1) is 15.0. The van der Waals surface area contributed by atoms with Gasteiger partial charge in [0.1, 0.15) is 6.29 Å². The minimum Gasteiger partial charge on any atom is -0.303 e. The molecule has 0 amide bonds. The van der Waals surface area contributed by atoms with Crippen molar-refractivity contribution in [3.05, 3.63) is 60.2 Å². The fraction of sp³-hybridized carbons (Fsp3) is 0.312. The molecule has 0 aromatic carbocycles. The first-order valence-electron chi connectivity index (χ1n) is 6.58. The smallest absolute Gasteiger partial charge is 0.120 e. The summed E-state index contributed by atoms with van der Waals surface area (Å²) in [5.74, 6) is 0. The summed E-state index contributed by atoms with van der Waals surface area (Å²) in [6, 6.07) is 7.93. The molecule has 3 nitrogen and oxygen atoms in total. The van der Waals surface area contributed by atoms with Gasteiger partial charge >= 0.3 is 0 Å². The van der Waals surface area contributed by atoms with Crippen molar-refractivity contribution >= 4 is 6.29 Å². The van der Waals surface area contributed by atoms with Crippen LogP contribution in [-0.4, -0.2) is 16.3 Å². The molecule has 0 saturated carbocycles. The van der Waals surface area contributed by atoms with E-state index in [1.165, 1.54) is 12.0 Å². The first-order valence-corrected chi connectivity index (χ1v) is 6.58. The highest BCUT2D eigenvalue weighted by Crippen LogP contribution is 1.98. The summed E-state index contributed by atoms with van der Waals surface area (Å²) in [6.45, 7) is 2.17. The highest BCUT2D eigenvalue weighted by atomic mass is 16.1. The molecule has 100 valence electrons. The lowest BCUT2D eigenvalue weighted by Gasteiger charge is -1.92. The molecule has 0 atom stereocenters. The third-order valence-electron chi connectivity index (χ3n) is 2.54. The van der Waals surface area contributed by atoms with Gasteiger partial charge in [-0.1, -0.05) is 25.5 Å². The number of pyridine rings is 2. The molecule has 0 saturated heterocycles. The van der Waals surface area contributed by atoms with Gasteiger partial charge in [0, 0.05) is 31.2 Å². The highest BCUT2D eigenvalue weighted by molar-refractivity contribution is 5.49. The molecule has 2 heterocycles. The summed E-state index contributed by atoms with van der Waals surface area (Å²) in [5, 5.41) is 0. The minimum atomic E-state index is 0.589. The SMILES string of the molecule is CCCc1cccnc1.O=CCCc1cccnc1. The molecular weight excluding hydrogens is 236 g/mol. The van der Waals surface area contributed by atoms with Crippen molar-refractivity contribution in [3.8, 4) is 0 Å². The van der Waals surface area contributed by atoms with E-state index in [0.717, 1.165) is 24.7 Å². The highest BCUT2D eigenvalue weighted by Gasteiger charge is 1.88. The maximum Gasteiger partial charge on any atom is 0.120 e. The maximum atomic E-state index is 9.96. The van der Waals surface area contributed by atoms with Crippen LogP contribution in [0.1, 0.15) is 30.9 Å². The van der Waals surface area contributed by atoms with Crippen LogP contribution in [0.3, 0.4) is 0 Å². The normalized spacial score (nSPS) is 9.32. The van der Waals surface area contributed by atoms with Gasteiger partial charge in [-0.05, 0) is 36.1 Å². The summed E-state index contributed by atoms with van der Waals surface area (Å²) in [7, 11) is 0. The van der Waals surface area contributed by atoms with Gasteiger partial charge in [-0.15, -0.1) is 0 Å². The Kier molecular flexibility index (Phi) is 7.87. The van der Waals surface area contributed by atoms with E-state index in [9.17, 15) is 4.79 Å². The molecule has 0 radical (unpaired) electrons. The lowest BCUT2D eigenvalue weighted by atomic mass is 10.2. The predicted octanol–water partition coefficient (Wildman–Crippen LogP) is 3.25. The zero-order chi connectivity index (χ0) is 13.8. The van der Waals surface area contributed by atoms with Crippen LogP contribution in [0.2, 0.25) is 0 Å². The van der Waals surface area contributed by atoms with Crippen molar-refractivity contribution in [2.24, 2.45) is 0 Å². The number of hydrogen-bond acceptors (Lipinski definition) is 3. The van der Waals surface area contributed by atoms with Crippen LogP contribution in [0.15, 0.2) is 49.1 Å². The summed E-state index contributed by atoms with van der Waals surface area (Å²) in [5.41, 5.74) is 2.45. The molecule has 2 aromatic heterocycles. The van der Waals surface area contributed by atoms with E-state index in [1.807, 2.05) is 24.4 Å². The Balaban J connectivity index is 0.000000191. The van der Waals surface area contributed by atoms with Gasteiger partial charge in [-0.2, -0.15) is 0 Å². The van der Waals surface area contributed by atoms with Crippen molar-refractivity contribution in [1.29, 1.82) is 0 Å². The van der Waals surface area contributed by atoms with Crippen LogP contribution in [-0.2, 0) is 17.6 Å². The molecule has 19 heavy (non-hydrogen) atoms. The van der Waals surface area contributed by atoms with Crippen LogP contribution < -0.4 is 0 Å². The van der Waals surface area contributed by atoms with Crippen LogP contribution >= 0.6 is 0 Å². The number of carbonyl (C=O) groups is 1.